The van der Waals surface area contributed by atoms with Crippen LogP contribution in [0.1, 0.15) is 57.6 Å². The van der Waals surface area contributed by atoms with Crippen molar-refractivity contribution in [1.82, 2.24) is 0 Å². The van der Waals surface area contributed by atoms with E-state index in [4.69, 9.17) is 4.74 Å². The molecule has 2 nitrogen and oxygen atoms in total. The van der Waals surface area contributed by atoms with E-state index in [1.165, 1.54) is 0 Å². The van der Waals surface area contributed by atoms with E-state index in [1.807, 2.05) is 32.9 Å². The second-order valence-electron chi connectivity index (χ2n) is 5.73. The summed E-state index contributed by atoms with van der Waals surface area (Å²) in [5.41, 5.74) is 1.87. The molecule has 0 saturated heterocycles. The SMILES string of the molecule is CCCCC(C)(CC)C(=O)Oc1cc(C)cc(C)c1. The fourth-order valence-electron chi connectivity index (χ4n) is 2.21. The predicted molar refractivity (Wildman–Crippen MR) is 79.5 cm³/mol. The van der Waals surface area contributed by atoms with Crippen LogP contribution >= 0.6 is 0 Å². The molecule has 0 bridgehead atoms. The van der Waals surface area contributed by atoms with Crippen LogP contribution in [0, 0.1) is 19.3 Å². The van der Waals surface area contributed by atoms with E-state index in [1.54, 1.807) is 0 Å². The van der Waals surface area contributed by atoms with Gasteiger partial charge < -0.3 is 4.74 Å². The largest absolute Gasteiger partial charge is 0.426 e. The molecule has 0 amide bonds. The predicted octanol–water partition coefficient (Wildman–Crippen LogP) is 4.82. The number of aryl methyl sites for hydroxylation is 2. The van der Waals surface area contributed by atoms with Crippen molar-refractivity contribution in [2.75, 3.05) is 0 Å². The first-order valence-electron chi connectivity index (χ1n) is 7.22. The fraction of sp³-hybridized carbons (Fsp3) is 0.588. The van der Waals surface area contributed by atoms with E-state index in [0.29, 0.717) is 5.75 Å². The zero-order chi connectivity index (χ0) is 14.5. The zero-order valence-corrected chi connectivity index (χ0v) is 12.9. The number of carbonyl (C=O) groups excluding carboxylic acids is 1. The van der Waals surface area contributed by atoms with Crippen LogP contribution in [0.4, 0.5) is 0 Å². The molecule has 0 heterocycles. The van der Waals surface area contributed by atoms with Gasteiger partial charge in [-0.25, -0.2) is 0 Å². The molecule has 2 heteroatoms. The number of unbranched alkanes of at least 4 members (excludes halogenated alkanes) is 1. The highest BCUT2D eigenvalue weighted by atomic mass is 16.5. The molecule has 0 saturated carbocycles. The summed E-state index contributed by atoms with van der Waals surface area (Å²) in [5, 5.41) is 0. The van der Waals surface area contributed by atoms with Crippen LogP contribution in [0.2, 0.25) is 0 Å². The van der Waals surface area contributed by atoms with Crippen molar-refractivity contribution in [3.05, 3.63) is 29.3 Å². The van der Waals surface area contributed by atoms with Gasteiger partial charge in [-0.1, -0.05) is 32.8 Å². The maximum absolute atomic E-state index is 12.4. The van der Waals surface area contributed by atoms with Crippen molar-refractivity contribution in [2.45, 2.75) is 60.3 Å². The molecule has 0 fully saturated rings. The third-order valence-corrected chi connectivity index (χ3v) is 3.76. The number of esters is 1. The normalized spacial score (nSPS) is 13.9. The molecule has 106 valence electrons. The fourth-order valence-corrected chi connectivity index (χ4v) is 2.21. The van der Waals surface area contributed by atoms with Crippen LogP contribution in [0.3, 0.4) is 0 Å². The lowest BCUT2D eigenvalue weighted by Crippen LogP contribution is -2.31. The van der Waals surface area contributed by atoms with Gasteiger partial charge in [0.15, 0.2) is 0 Å². The van der Waals surface area contributed by atoms with Gasteiger partial charge in [-0.3, -0.25) is 4.79 Å². The molecule has 0 N–H and O–H groups in total. The Hall–Kier alpha value is -1.31. The Balaban J connectivity index is 2.81. The Morgan fingerprint density at radius 1 is 1.16 bits per heavy atom. The summed E-state index contributed by atoms with van der Waals surface area (Å²) in [4.78, 5) is 12.4. The van der Waals surface area contributed by atoms with E-state index in [2.05, 4.69) is 19.9 Å². The Morgan fingerprint density at radius 3 is 2.21 bits per heavy atom. The number of hydrogen-bond acceptors (Lipinski definition) is 2. The summed E-state index contributed by atoms with van der Waals surface area (Å²) in [7, 11) is 0. The monoisotopic (exact) mass is 262 g/mol. The molecule has 1 atom stereocenters. The second kappa shape index (κ2) is 6.74. The van der Waals surface area contributed by atoms with E-state index in [-0.39, 0.29) is 11.4 Å². The van der Waals surface area contributed by atoms with Gasteiger partial charge in [-0.15, -0.1) is 0 Å². The molecule has 1 rings (SSSR count). The van der Waals surface area contributed by atoms with Crippen LogP contribution < -0.4 is 4.74 Å². The van der Waals surface area contributed by atoms with Crippen molar-refractivity contribution in [3.8, 4) is 5.75 Å². The molecule has 0 spiro atoms. The molecular formula is C17H26O2. The Bertz CT molecular complexity index is 417. The van der Waals surface area contributed by atoms with Gasteiger partial charge in [0.05, 0.1) is 5.41 Å². The Kier molecular flexibility index (Phi) is 5.59. The molecule has 19 heavy (non-hydrogen) atoms. The summed E-state index contributed by atoms with van der Waals surface area (Å²) in [6.45, 7) is 10.2. The standard InChI is InChI=1S/C17H26O2/c1-6-8-9-17(5,7-2)16(18)19-15-11-13(3)10-14(4)12-15/h10-12H,6-9H2,1-5H3. The van der Waals surface area contributed by atoms with E-state index < -0.39 is 0 Å². The van der Waals surface area contributed by atoms with E-state index in [9.17, 15) is 4.79 Å². The molecule has 0 aliphatic carbocycles. The molecule has 1 unspecified atom stereocenters. The minimum absolute atomic E-state index is 0.103. The minimum Gasteiger partial charge on any atom is -0.426 e. The van der Waals surface area contributed by atoms with Gasteiger partial charge in [0.25, 0.3) is 0 Å². The quantitative estimate of drug-likeness (QED) is 0.543. The Labute approximate surface area is 117 Å². The van der Waals surface area contributed by atoms with Gasteiger partial charge in [-0.05, 0) is 56.9 Å². The lowest BCUT2D eigenvalue weighted by Gasteiger charge is -2.25. The van der Waals surface area contributed by atoms with Crippen LogP contribution in [-0.4, -0.2) is 5.97 Å². The molecule has 0 aliphatic rings. The third-order valence-electron chi connectivity index (χ3n) is 3.76. The Morgan fingerprint density at radius 2 is 1.74 bits per heavy atom. The highest BCUT2D eigenvalue weighted by molar-refractivity contribution is 5.78. The maximum Gasteiger partial charge on any atom is 0.317 e. The lowest BCUT2D eigenvalue weighted by atomic mass is 9.82. The number of ether oxygens (including phenoxy) is 1. The molecule has 1 aromatic rings. The topological polar surface area (TPSA) is 26.3 Å². The maximum atomic E-state index is 12.4. The van der Waals surface area contributed by atoms with Gasteiger partial charge in [0.2, 0.25) is 0 Å². The smallest absolute Gasteiger partial charge is 0.317 e. The number of carbonyl (C=O) groups is 1. The van der Waals surface area contributed by atoms with Gasteiger partial charge in [0.1, 0.15) is 5.75 Å². The lowest BCUT2D eigenvalue weighted by molar-refractivity contribution is -0.145. The average Bonchev–Trinajstić information content (AvgIpc) is 2.34. The summed E-state index contributed by atoms with van der Waals surface area (Å²) in [6.07, 6.45) is 3.87. The molecule has 0 aromatic heterocycles. The number of benzene rings is 1. The van der Waals surface area contributed by atoms with Crippen molar-refractivity contribution in [3.63, 3.8) is 0 Å². The summed E-state index contributed by atoms with van der Waals surface area (Å²) < 4.78 is 5.59. The summed E-state index contributed by atoms with van der Waals surface area (Å²) >= 11 is 0. The van der Waals surface area contributed by atoms with E-state index >= 15 is 0 Å². The van der Waals surface area contributed by atoms with E-state index in [0.717, 1.165) is 36.8 Å². The van der Waals surface area contributed by atoms with Crippen LogP contribution in [-0.2, 0) is 4.79 Å². The number of rotatable bonds is 6. The van der Waals surface area contributed by atoms with Crippen LogP contribution in [0.15, 0.2) is 18.2 Å². The molecular weight excluding hydrogens is 236 g/mol. The first-order valence-corrected chi connectivity index (χ1v) is 7.22. The van der Waals surface area contributed by atoms with Crippen molar-refractivity contribution >= 4 is 5.97 Å². The molecule has 1 aromatic carbocycles. The van der Waals surface area contributed by atoms with Crippen molar-refractivity contribution < 1.29 is 9.53 Å². The zero-order valence-electron chi connectivity index (χ0n) is 12.9. The highest BCUT2D eigenvalue weighted by Crippen LogP contribution is 2.31. The van der Waals surface area contributed by atoms with Gasteiger partial charge in [0, 0.05) is 0 Å². The first-order chi connectivity index (χ1) is 8.91. The highest BCUT2D eigenvalue weighted by Gasteiger charge is 2.32. The second-order valence-corrected chi connectivity index (χ2v) is 5.73. The summed E-state index contributed by atoms with van der Waals surface area (Å²) in [5.74, 6) is 0.562. The van der Waals surface area contributed by atoms with Crippen molar-refractivity contribution in [2.24, 2.45) is 5.41 Å². The van der Waals surface area contributed by atoms with Crippen LogP contribution in [0.5, 0.6) is 5.75 Å². The van der Waals surface area contributed by atoms with Gasteiger partial charge >= 0.3 is 5.97 Å². The average molecular weight is 262 g/mol. The number of hydrogen-bond donors (Lipinski definition) is 0. The van der Waals surface area contributed by atoms with Gasteiger partial charge in [-0.2, -0.15) is 0 Å². The van der Waals surface area contributed by atoms with Crippen LogP contribution in [0.25, 0.3) is 0 Å². The summed E-state index contributed by atoms with van der Waals surface area (Å²) in [6, 6.07) is 5.91. The third kappa shape index (κ3) is 4.38. The first kappa shape index (κ1) is 15.7. The molecule has 0 aliphatic heterocycles. The minimum atomic E-state index is -0.367. The molecule has 0 radical (unpaired) electrons. The van der Waals surface area contributed by atoms with Crippen molar-refractivity contribution in [1.29, 1.82) is 0 Å².